The first-order valence-corrected chi connectivity index (χ1v) is 10.6. The second-order valence-electron chi connectivity index (χ2n) is 6.59. The first-order chi connectivity index (χ1) is 15.8. The average Bonchev–Trinajstić information content (AvgIpc) is 2.81. The lowest BCUT2D eigenvalue weighted by atomic mass is 10.1. The Labute approximate surface area is 204 Å². The molecule has 33 heavy (non-hydrogen) atoms. The minimum atomic E-state index is -1.03. The predicted molar refractivity (Wildman–Crippen MR) is 128 cm³/mol. The van der Waals surface area contributed by atoms with Crippen LogP contribution in [0.4, 0.5) is 5.69 Å². The van der Waals surface area contributed by atoms with Crippen molar-refractivity contribution in [3.8, 4) is 5.75 Å². The molecule has 0 aliphatic rings. The van der Waals surface area contributed by atoms with Gasteiger partial charge in [-0.1, -0.05) is 53.0 Å². The van der Waals surface area contributed by atoms with E-state index in [1.807, 2.05) is 0 Å². The van der Waals surface area contributed by atoms with E-state index >= 15 is 0 Å². The number of para-hydroxylation sites is 1. The largest absolute Gasteiger partial charge is 0.422 e. The number of nitrogens with one attached hydrogen (secondary N) is 2. The fraction of sp³-hybridized carbons (Fsp3) is 0.0435. The minimum absolute atomic E-state index is 0.108. The van der Waals surface area contributed by atoms with Gasteiger partial charge in [-0.3, -0.25) is 9.59 Å². The highest BCUT2D eigenvalue weighted by Gasteiger charge is 2.17. The van der Waals surface area contributed by atoms with Crippen LogP contribution in [-0.2, 0) is 9.59 Å². The number of hydrogen-bond acceptors (Lipinski definition) is 5. The Morgan fingerprint density at radius 1 is 0.848 bits per heavy atom. The number of ether oxygens (including phenoxy) is 1. The zero-order valence-corrected chi connectivity index (χ0v) is 19.3. The van der Waals surface area contributed by atoms with Gasteiger partial charge in [0.25, 0.3) is 0 Å². The summed E-state index contributed by atoms with van der Waals surface area (Å²) in [5, 5.41) is 7.13. The number of nitrogens with zero attached hydrogens (tertiary/aromatic N) is 1. The molecule has 3 aromatic carbocycles. The molecule has 2 N–H and O–H groups in total. The molecule has 0 atom stereocenters. The van der Waals surface area contributed by atoms with Gasteiger partial charge in [0.2, 0.25) is 0 Å². The summed E-state index contributed by atoms with van der Waals surface area (Å²) >= 11 is 17.7. The van der Waals surface area contributed by atoms with E-state index in [9.17, 15) is 14.4 Å². The molecule has 0 radical (unpaired) electrons. The summed E-state index contributed by atoms with van der Waals surface area (Å²) in [6.45, 7) is 1.58. The van der Waals surface area contributed by atoms with Gasteiger partial charge in [-0.05, 0) is 55.5 Å². The summed E-state index contributed by atoms with van der Waals surface area (Å²) in [5.74, 6) is -2.38. The number of hydrazone groups is 1. The molecule has 0 fully saturated rings. The molecule has 0 heterocycles. The lowest BCUT2D eigenvalue weighted by molar-refractivity contribution is -0.136. The van der Waals surface area contributed by atoms with E-state index in [-0.39, 0.29) is 21.5 Å². The maximum atomic E-state index is 12.4. The molecule has 3 aromatic rings. The molecule has 7 nitrogen and oxygen atoms in total. The Kier molecular flexibility index (Phi) is 8.06. The van der Waals surface area contributed by atoms with Gasteiger partial charge >= 0.3 is 17.8 Å². The highest BCUT2D eigenvalue weighted by Crippen LogP contribution is 2.29. The number of halogens is 3. The molecule has 0 bridgehead atoms. The molecular formula is C23H16Cl3N3O4. The third-order valence-corrected chi connectivity index (χ3v) is 5.36. The van der Waals surface area contributed by atoms with Gasteiger partial charge in [-0.25, -0.2) is 10.2 Å². The molecule has 0 saturated carbocycles. The Morgan fingerprint density at radius 3 is 2.27 bits per heavy atom. The van der Waals surface area contributed by atoms with Gasteiger partial charge in [-0.15, -0.1) is 0 Å². The molecule has 2 amide bonds. The van der Waals surface area contributed by atoms with E-state index in [4.69, 9.17) is 39.5 Å². The van der Waals surface area contributed by atoms with Crippen molar-refractivity contribution in [1.29, 1.82) is 0 Å². The average molecular weight is 505 g/mol. The molecule has 168 valence electrons. The summed E-state index contributed by atoms with van der Waals surface area (Å²) in [4.78, 5) is 36.7. The molecule has 0 aliphatic heterocycles. The molecular weight excluding hydrogens is 489 g/mol. The third-order valence-electron chi connectivity index (χ3n) is 4.29. The normalized spacial score (nSPS) is 11.0. The predicted octanol–water partition coefficient (Wildman–Crippen LogP) is 5.34. The van der Waals surface area contributed by atoms with Gasteiger partial charge in [0, 0.05) is 10.6 Å². The van der Waals surface area contributed by atoms with Gasteiger partial charge < -0.3 is 10.1 Å². The fourth-order valence-corrected chi connectivity index (χ4v) is 3.10. The minimum Gasteiger partial charge on any atom is -0.422 e. The van der Waals surface area contributed by atoms with Crippen molar-refractivity contribution >= 4 is 64.0 Å². The summed E-state index contributed by atoms with van der Waals surface area (Å²) in [7, 11) is 0. The number of carbonyl (C=O) groups is 3. The van der Waals surface area contributed by atoms with Crippen LogP contribution in [0.15, 0.2) is 71.8 Å². The van der Waals surface area contributed by atoms with Crippen LogP contribution in [0.25, 0.3) is 0 Å². The Hall–Kier alpha value is -3.39. The third kappa shape index (κ3) is 6.32. The highest BCUT2D eigenvalue weighted by molar-refractivity contribution is 6.45. The molecule has 0 aliphatic carbocycles. The van der Waals surface area contributed by atoms with Crippen molar-refractivity contribution < 1.29 is 19.1 Å². The number of hydrogen-bond donors (Lipinski definition) is 2. The smallest absolute Gasteiger partial charge is 0.343 e. The SMILES string of the molecule is C/C(=N\NC(=O)C(=O)Nc1cccc(Cl)c1Cl)c1ccccc1OC(=O)c1ccc(Cl)cc1. The summed E-state index contributed by atoms with van der Waals surface area (Å²) in [6.07, 6.45) is 0. The van der Waals surface area contributed by atoms with Gasteiger partial charge in [0.05, 0.1) is 27.0 Å². The van der Waals surface area contributed by atoms with Gasteiger partial charge in [0.15, 0.2) is 0 Å². The number of anilines is 1. The van der Waals surface area contributed by atoms with Crippen LogP contribution in [0.2, 0.25) is 15.1 Å². The zero-order chi connectivity index (χ0) is 24.0. The van der Waals surface area contributed by atoms with Gasteiger partial charge in [0.1, 0.15) is 5.75 Å². The molecule has 0 unspecified atom stereocenters. The van der Waals surface area contributed by atoms with Crippen LogP contribution in [0, 0.1) is 0 Å². The number of benzene rings is 3. The van der Waals surface area contributed by atoms with Gasteiger partial charge in [-0.2, -0.15) is 5.10 Å². The number of esters is 1. The first kappa shape index (κ1) is 24.3. The van der Waals surface area contributed by atoms with Crippen molar-refractivity contribution in [2.45, 2.75) is 6.92 Å². The molecule has 0 saturated heterocycles. The second kappa shape index (κ2) is 11.0. The molecule has 0 aromatic heterocycles. The van der Waals surface area contributed by atoms with E-state index < -0.39 is 17.8 Å². The Bertz CT molecular complexity index is 1240. The Morgan fingerprint density at radius 2 is 1.55 bits per heavy atom. The molecule has 3 rings (SSSR count). The van der Waals surface area contributed by atoms with Crippen molar-refractivity contribution in [2.75, 3.05) is 5.32 Å². The van der Waals surface area contributed by atoms with E-state index in [0.717, 1.165) is 0 Å². The van der Waals surface area contributed by atoms with Crippen LogP contribution in [0.1, 0.15) is 22.8 Å². The van der Waals surface area contributed by atoms with E-state index in [2.05, 4.69) is 15.8 Å². The first-order valence-electron chi connectivity index (χ1n) is 9.43. The monoisotopic (exact) mass is 503 g/mol. The highest BCUT2D eigenvalue weighted by atomic mass is 35.5. The summed E-state index contributed by atoms with van der Waals surface area (Å²) in [6, 6.07) is 17.5. The zero-order valence-electron chi connectivity index (χ0n) is 17.1. The van der Waals surface area contributed by atoms with Crippen LogP contribution in [-0.4, -0.2) is 23.5 Å². The van der Waals surface area contributed by atoms with E-state index in [1.54, 1.807) is 67.6 Å². The standard InChI is InChI=1S/C23H16Cl3N3O4/c1-13(28-29-22(31)21(30)27-18-7-4-6-17(25)20(18)26)16-5-2-3-8-19(16)33-23(32)14-9-11-15(24)12-10-14/h2-12H,1H3,(H,27,30)(H,29,31)/b28-13+. The van der Waals surface area contributed by atoms with Crippen molar-refractivity contribution in [3.05, 3.63) is 92.9 Å². The number of rotatable bonds is 5. The van der Waals surface area contributed by atoms with Crippen molar-refractivity contribution in [2.24, 2.45) is 5.10 Å². The summed E-state index contributed by atoms with van der Waals surface area (Å²) < 4.78 is 5.47. The summed E-state index contributed by atoms with van der Waals surface area (Å²) in [5.41, 5.74) is 3.40. The topological polar surface area (TPSA) is 96.9 Å². The maximum absolute atomic E-state index is 12.4. The van der Waals surface area contributed by atoms with Crippen LogP contribution in [0.5, 0.6) is 5.75 Å². The van der Waals surface area contributed by atoms with E-state index in [1.165, 1.54) is 6.07 Å². The second-order valence-corrected chi connectivity index (χ2v) is 7.81. The van der Waals surface area contributed by atoms with Crippen molar-refractivity contribution in [3.63, 3.8) is 0 Å². The van der Waals surface area contributed by atoms with Crippen LogP contribution < -0.4 is 15.5 Å². The Balaban J connectivity index is 1.69. The lowest BCUT2D eigenvalue weighted by Gasteiger charge is -2.10. The fourth-order valence-electron chi connectivity index (χ4n) is 2.62. The molecule has 10 heteroatoms. The van der Waals surface area contributed by atoms with Crippen molar-refractivity contribution in [1.82, 2.24) is 5.43 Å². The van der Waals surface area contributed by atoms with Crippen LogP contribution in [0.3, 0.4) is 0 Å². The molecule has 0 spiro atoms. The number of amides is 2. The van der Waals surface area contributed by atoms with E-state index in [0.29, 0.717) is 21.9 Å². The van der Waals surface area contributed by atoms with Crippen LogP contribution >= 0.6 is 34.8 Å². The quantitative estimate of drug-likeness (QED) is 0.161. The maximum Gasteiger partial charge on any atom is 0.343 e. The number of carbonyl (C=O) groups excluding carboxylic acids is 3. The lowest BCUT2D eigenvalue weighted by Crippen LogP contribution is -2.33.